The van der Waals surface area contributed by atoms with Crippen LogP contribution in [-0.2, 0) is 4.79 Å². The van der Waals surface area contributed by atoms with Crippen molar-refractivity contribution in [2.24, 2.45) is 46.3 Å². The van der Waals surface area contributed by atoms with E-state index in [4.69, 9.17) is 0 Å². The lowest BCUT2D eigenvalue weighted by Crippen LogP contribution is -2.56. The molecule has 4 rings (SSSR count). The molecule has 0 amide bonds. The molecule has 0 bridgehead atoms. The average molecular weight is 347 g/mol. The van der Waals surface area contributed by atoms with Crippen LogP contribution in [0.4, 0.5) is 0 Å². The number of ketones is 1. The van der Waals surface area contributed by atoms with E-state index in [2.05, 4.69) is 13.8 Å². The molecule has 142 valence electrons. The molecule has 4 saturated carbocycles. The monoisotopic (exact) mass is 346 g/mol. The highest BCUT2D eigenvalue weighted by atomic mass is 16.3. The molecule has 0 saturated heterocycles. The minimum absolute atomic E-state index is 0.202. The number of rotatable bonds is 2. The first kappa shape index (κ1) is 18.0. The maximum Gasteiger partial charge on any atom is 0.136 e. The van der Waals surface area contributed by atoms with Gasteiger partial charge in [0.15, 0.2) is 0 Å². The number of hydrogen-bond acceptors (Lipinski definition) is 2. The third kappa shape index (κ3) is 2.42. The van der Waals surface area contributed by atoms with Crippen molar-refractivity contribution in [2.75, 3.05) is 0 Å². The molecular formula is C23H38O2. The quantitative estimate of drug-likeness (QED) is 0.743. The zero-order valence-electron chi connectivity index (χ0n) is 16.8. The van der Waals surface area contributed by atoms with Crippen molar-refractivity contribution in [3.05, 3.63) is 0 Å². The Hall–Kier alpha value is -0.370. The van der Waals surface area contributed by atoms with E-state index in [-0.39, 0.29) is 17.4 Å². The largest absolute Gasteiger partial charge is 0.393 e. The van der Waals surface area contributed by atoms with Gasteiger partial charge in [0.05, 0.1) is 6.10 Å². The molecule has 0 aliphatic heterocycles. The third-order valence-electron chi connectivity index (χ3n) is 9.74. The maximum atomic E-state index is 12.9. The van der Waals surface area contributed by atoms with Crippen LogP contribution in [0, 0.1) is 46.3 Å². The average Bonchev–Trinajstić information content (AvgIpc) is 2.96. The maximum absolute atomic E-state index is 12.9. The Morgan fingerprint density at radius 3 is 2.48 bits per heavy atom. The molecule has 2 heteroatoms. The Morgan fingerprint density at radius 1 is 1.04 bits per heavy atom. The van der Waals surface area contributed by atoms with Gasteiger partial charge in [0.2, 0.25) is 0 Å². The lowest BCUT2D eigenvalue weighted by atomic mass is 9.43. The molecule has 0 radical (unpaired) electrons. The predicted octanol–water partition coefficient (Wildman–Crippen LogP) is 5.23. The van der Waals surface area contributed by atoms with E-state index < -0.39 is 0 Å². The number of aliphatic hydroxyl groups excluding tert-OH is 1. The fourth-order valence-corrected chi connectivity index (χ4v) is 8.56. The molecule has 0 aromatic rings. The van der Waals surface area contributed by atoms with Crippen molar-refractivity contribution in [1.29, 1.82) is 0 Å². The van der Waals surface area contributed by atoms with E-state index in [1.54, 1.807) is 0 Å². The van der Waals surface area contributed by atoms with E-state index in [1.807, 2.05) is 13.8 Å². The molecule has 1 N–H and O–H groups in total. The Morgan fingerprint density at radius 2 is 1.80 bits per heavy atom. The summed E-state index contributed by atoms with van der Waals surface area (Å²) in [5.41, 5.74) is 0.307. The zero-order chi connectivity index (χ0) is 18.0. The van der Waals surface area contributed by atoms with Gasteiger partial charge in [-0.1, -0.05) is 20.3 Å². The number of Topliss-reactive ketones (excluding diaryl/α,β-unsaturated/α-hetero) is 1. The van der Waals surface area contributed by atoms with E-state index >= 15 is 0 Å². The summed E-state index contributed by atoms with van der Waals surface area (Å²) in [4.78, 5) is 12.9. The second-order valence-corrected chi connectivity index (χ2v) is 10.6. The SMILES string of the molecule is CC(=O)[C@]12CC[C@H]3[C@@H](CC[C@H]4C[C@H](C)CC[C@@]43C)[C@@H]1CC[C@@H]2[C@H](C)O. The molecule has 0 heterocycles. The fourth-order valence-electron chi connectivity index (χ4n) is 8.56. The molecule has 0 unspecified atom stereocenters. The Labute approximate surface area is 154 Å². The molecule has 0 aromatic heterocycles. The van der Waals surface area contributed by atoms with Crippen molar-refractivity contribution >= 4 is 5.78 Å². The van der Waals surface area contributed by atoms with Gasteiger partial charge in [0.25, 0.3) is 0 Å². The van der Waals surface area contributed by atoms with Crippen LogP contribution in [-0.4, -0.2) is 17.0 Å². The van der Waals surface area contributed by atoms with Crippen LogP contribution in [0.25, 0.3) is 0 Å². The highest BCUT2D eigenvalue weighted by Gasteiger charge is 2.63. The number of carbonyl (C=O) groups excluding carboxylic acids is 1. The fraction of sp³-hybridized carbons (Fsp3) is 0.957. The van der Waals surface area contributed by atoms with Gasteiger partial charge in [-0.25, -0.2) is 0 Å². The van der Waals surface area contributed by atoms with Gasteiger partial charge in [-0.15, -0.1) is 0 Å². The molecule has 0 spiro atoms. The number of hydrogen-bond donors (Lipinski definition) is 1. The molecule has 4 aliphatic rings. The summed E-state index contributed by atoms with van der Waals surface area (Å²) in [7, 11) is 0. The van der Waals surface area contributed by atoms with Gasteiger partial charge in [-0.2, -0.15) is 0 Å². The second-order valence-electron chi connectivity index (χ2n) is 10.6. The standard InChI is InChI=1S/C23H38O2/c1-14-9-11-22(4)17(13-14)5-6-18-20(22)10-12-23(16(3)25)19(15(2)24)7-8-21(18)23/h14-15,17-21,24H,5-13H2,1-4H3/t14-,15+,17+,18-,19-,20+,21+,22+,23+/m1/s1. The lowest BCUT2D eigenvalue weighted by Gasteiger charge is -2.61. The molecule has 0 aromatic carbocycles. The molecule has 25 heavy (non-hydrogen) atoms. The first-order valence-corrected chi connectivity index (χ1v) is 11.0. The van der Waals surface area contributed by atoms with Crippen LogP contribution < -0.4 is 0 Å². The van der Waals surface area contributed by atoms with Crippen LogP contribution in [0.3, 0.4) is 0 Å². The first-order chi connectivity index (χ1) is 11.8. The smallest absolute Gasteiger partial charge is 0.136 e. The van der Waals surface area contributed by atoms with Crippen molar-refractivity contribution in [1.82, 2.24) is 0 Å². The summed E-state index contributed by atoms with van der Waals surface area (Å²) in [6.45, 7) is 8.79. The van der Waals surface area contributed by atoms with Crippen LogP contribution >= 0.6 is 0 Å². The van der Waals surface area contributed by atoms with Gasteiger partial charge in [-0.05, 0) is 106 Å². The Kier molecular flexibility index (Phi) is 4.38. The van der Waals surface area contributed by atoms with E-state index in [0.29, 0.717) is 17.1 Å². The van der Waals surface area contributed by atoms with E-state index in [0.717, 1.165) is 36.5 Å². The minimum Gasteiger partial charge on any atom is -0.393 e. The van der Waals surface area contributed by atoms with E-state index in [1.165, 1.54) is 44.9 Å². The third-order valence-corrected chi connectivity index (χ3v) is 9.74. The summed E-state index contributed by atoms with van der Waals surface area (Å²) in [5, 5.41) is 10.4. The number of carbonyl (C=O) groups is 1. The normalized spacial score (nSPS) is 53.5. The molecule has 9 atom stereocenters. The highest BCUT2D eigenvalue weighted by Crippen LogP contribution is 2.68. The van der Waals surface area contributed by atoms with Gasteiger partial charge >= 0.3 is 0 Å². The molecule has 2 nitrogen and oxygen atoms in total. The minimum atomic E-state index is -0.340. The zero-order valence-corrected chi connectivity index (χ0v) is 16.8. The topological polar surface area (TPSA) is 37.3 Å². The van der Waals surface area contributed by atoms with Gasteiger partial charge in [0, 0.05) is 5.41 Å². The summed E-state index contributed by atoms with van der Waals surface area (Å²) in [6, 6.07) is 0. The van der Waals surface area contributed by atoms with Crippen LogP contribution in [0.1, 0.15) is 85.5 Å². The van der Waals surface area contributed by atoms with E-state index in [9.17, 15) is 9.90 Å². The van der Waals surface area contributed by atoms with Crippen molar-refractivity contribution in [2.45, 2.75) is 91.6 Å². The van der Waals surface area contributed by atoms with Crippen molar-refractivity contribution in [3.63, 3.8) is 0 Å². The van der Waals surface area contributed by atoms with Crippen molar-refractivity contribution in [3.8, 4) is 0 Å². The second kappa shape index (κ2) is 6.08. The van der Waals surface area contributed by atoms with Crippen LogP contribution in [0.5, 0.6) is 0 Å². The molecular weight excluding hydrogens is 308 g/mol. The van der Waals surface area contributed by atoms with Crippen LogP contribution in [0.15, 0.2) is 0 Å². The van der Waals surface area contributed by atoms with Crippen molar-refractivity contribution < 1.29 is 9.90 Å². The summed E-state index contributed by atoms with van der Waals surface area (Å²) < 4.78 is 0. The van der Waals surface area contributed by atoms with Gasteiger partial charge in [-0.3, -0.25) is 4.79 Å². The highest BCUT2D eigenvalue weighted by molar-refractivity contribution is 5.83. The summed E-state index contributed by atoms with van der Waals surface area (Å²) in [6.07, 6.45) is 11.1. The van der Waals surface area contributed by atoms with Crippen LogP contribution in [0.2, 0.25) is 0 Å². The number of aliphatic hydroxyl groups is 1. The summed E-state index contributed by atoms with van der Waals surface area (Å²) >= 11 is 0. The summed E-state index contributed by atoms with van der Waals surface area (Å²) in [5.74, 6) is 4.49. The van der Waals surface area contributed by atoms with Gasteiger partial charge < -0.3 is 5.11 Å². The van der Waals surface area contributed by atoms with Gasteiger partial charge in [0.1, 0.15) is 5.78 Å². The Bertz CT molecular complexity index is 540. The number of fused-ring (bicyclic) bond motifs is 5. The lowest BCUT2D eigenvalue weighted by molar-refractivity contribution is -0.155. The Balaban J connectivity index is 1.66. The first-order valence-electron chi connectivity index (χ1n) is 11.0. The molecule has 4 fully saturated rings. The molecule has 4 aliphatic carbocycles. The predicted molar refractivity (Wildman–Crippen MR) is 101 cm³/mol.